The second-order valence-corrected chi connectivity index (χ2v) is 8.81. The number of methoxy groups -OCH3 is 2. The van der Waals surface area contributed by atoms with Crippen LogP contribution in [0.1, 0.15) is 24.1 Å². The van der Waals surface area contributed by atoms with Crippen molar-refractivity contribution in [2.24, 2.45) is 0 Å². The van der Waals surface area contributed by atoms with E-state index in [0.717, 1.165) is 0 Å². The van der Waals surface area contributed by atoms with E-state index >= 15 is 0 Å². The second kappa shape index (κ2) is 10.2. The number of ketones is 1. The van der Waals surface area contributed by atoms with Crippen molar-refractivity contribution in [3.63, 3.8) is 0 Å². The second-order valence-electron chi connectivity index (χ2n) is 8.40. The molecular formula is C28H24ClNO8. The molecule has 5 rings (SSSR count). The average molecular weight is 538 g/mol. The third-order valence-corrected chi connectivity index (χ3v) is 6.59. The van der Waals surface area contributed by atoms with E-state index in [1.165, 1.54) is 31.3 Å². The van der Waals surface area contributed by atoms with Gasteiger partial charge in [0.05, 0.1) is 43.0 Å². The number of hydrogen-bond donors (Lipinski definition) is 1. The van der Waals surface area contributed by atoms with Crippen LogP contribution in [-0.4, -0.2) is 44.4 Å². The maximum Gasteiger partial charge on any atom is 0.300 e. The van der Waals surface area contributed by atoms with Crippen LogP contribution in [0.5, 0.6) is 28.7 Å². The first-order valence-electron chi connectivity index (χ1n) is 11.7. The van der Waals surface area contributed by atoms with E-state index in [2.05, 4.69) is 0 Å². The molecule has 2 aliphatic heterocycles. The van der Waals surface area contributed by atoms with E-state index in [1.54, 1.807) is 42.5 Å². The number of halogens is 1. The van der Waals surface area contributed by atoms with Crippen LogP contribution in [0, 0.1) is 0 Å². The predicted molar refractivity (Wildman–Crippen MR) is 140 cm³/mol. The molecule has 3 aromatic carbocycles. The molecule has 3 aromatic rings. The van der Waals surface area contributed by atoms with Gasteiger partial charge in [-0.25, -0.2) is 0 Å². The van der Waals surface area contributed by atoms with Crippen LogP contribution in [0.25, 0.3) is 5.76 Å². The maximum absolute atomic E-state index is 13.6. The van der Waals surface area contributed by atoms with E-state index in [9.17, 15) is 14.7 Å². The summed E-state index contributed by atoms with van der Waals surface area (Å²) in [4.78, 5) is 28.4. The van der Waals surface area contributed by atoms with Crippen molar-refractivity contribution in [1.82, 2.24) is 0 Å². The van der Waals surface area contributed by atoms with Gasteiger partial charge in [-0.1, -0.05) is 23.7 Å². The van der Waals surface area contributed by atoms with Crippen LogP contribution in [0.15, 0.2) is 60.2 Å². The number of carbonyl (C=O) groups is 2. The van der Waals surface area contributed by atoms with Gasteiger partial charge in [-0.2, -0.15) is 0 Å². The van der Waals surface area contributed by atoms with Gasteiger partial charge in [0.1, 0.15) is 23.0 Å². The molecule has 9 nitrogen and oxygen atoms in total. The minimum Gasteiger partial charge on any atom is -0.507 e. The maximum atomic E-state index is 13.6. The van der Waals surface area contributed by atoms with Crippen LogP contribution in [0.4, 0.5) is 5.69 Å². The smallest absolute Gasteiger partial charge is 0.300 e. The van der Waals surface area contributed by atoms with Crippen LogP contribution in [0.3, 0.4) is 0 Å². The molecular weight excluding hydrogens is 514 g/mol. The zero-order valence-electron chi connectivity index (χ0n) is 20.8. The molecule has 0 spiro atoms. The number of carbonyl (C=O) groups excluding carboxylic acids is 2. The molecule has 0 aromatic heterocycles. The highest BCUT2D eigenvalue weighted by Gasteiger charge is 2.47. The van der Waals surface area contributed by atoms with Crippen LogP contribution < -0.4 is 28.6 Å². The van der Waals surface area contributed by atoms with Gasteiger partial charge in [-0.05, 0) is 42.8 Å². The lowest BCUT2D eigenvalue weighted by molar-refractivity contribution is -0.132. The first kappa shape index (κ1) is 25.3. The van der Waals surface area contributed by atoms with E-state index in [-0.39, 0.29) is 34.5 Å². The Morgan fingerprint density at radius 1 is 1.03 bits per heavy atom. The van der Waals surface area contributed by atoms with Gasteiger partial charge in [0.25, 0.3) is 11.7 Å². The summed E-state index contributed by atoms with van der Waals surface area (Å²) in [6, 6.07) is 13.9. The molecule has 1 fully saturated rings. The van der Waals surface area contributed by atoms with Crippen molar-refractivity contribution in [2.75, 3.05) is 32.5 Å². The number of fused-ring (bicyclic) bond motifs is 1. The Kier molecular flexibility index (Phi) is 6.77. The predicted octanol–water partition coefficient (Wildman–Crippen LogP) is 5.11. The summed E-state index contributed by atoms with van der Waals surface area (Å²) < 4.78 is 27.3. The third-order valence-electron chi connectivity index (χ3n) is 6.29. The molecule has 1 amide bonds. The molecule has 2 aliphatic rings. The van der Waals surface area contributed by atoms with E-state index in [1.807, 2.05) is 6.92 Å². The fourth-order valence-electron chi connectivity index (χ4n) is 4.58. The molecule has 1 N–H and O–H groups in total. The molecule has 2 heterocycles. The van der Waals surface area contributed by atoms with Crippen molar-refractivity contribution in [3.05, 3.63) is 76.3 Å². The van der Waals surface area contributed by atoms with Gasteiger partial charge in [0.15, 0.2) is 11.5 Å². The molecule has 0 bridgehead atoms. The highest BCUT2D eigenvalue weighted by molar-refractivity contribution is 6.51. The Balaban J connectivity index is 1.74. The Labute approximate surface area is 223 Å². The van der Waals surface area contributed by atoms with Crippen LogP contribution >= 0.6 is 11.6 Å². The molecule has 1 atom stereocenters. The van der Waals surface area contributed by atoms with Gasteiger partial charge < -0.3 is 28.8 Å². The summed E-state index contributed by atoms with van der Waals surface area (Å²) >= 11 is 6.25. The number of rotatable bonds is 7. The number of aliphatic hydroxyl groups is 1. The Morgan fingerprint density at radius 3 is 2.53 bits per heavy atom. The normalized spacial score (nSPS) is 17.6. The Bertz CT molecular complexity index is 1470. The number of benzene rings is 3. The quantitative estimate of drug-likeness (QED) is 0.252. The molecule has 1 saturated heterocycles. The highest BCUT2D eigenvalue weighted by Crippen LogP contribution is 2.47. The summed E-state index contributed by atoms with van der Waals surface area (Å²) in [5, 5.41) is 11.8. The summed E-state index contributed by atoms with van der Waals surface area (Å²) in [5.41, 5.74) is 0.949. The topological polar surface area (TPSA) is 104 Å². The van der Waals surface area contributed by atoms with Crippen molar-refractivity contribution in [2.45, 2.75) is 13.0 Å². The van der Waals surface area contributed by atoms with E-state index in [0.29, 0.717) is 35.1 Å². The molecule has 0 saturated carbocycles. The van der Waals surface area contributed by atoms with Crippen molar-refractivity contribution < 1.29 is 38.4 Å². The monoisotopic (exact) mass is 537 g/mol. The fourth-order valence-corrected chi connectivity index (χ4v) is 4.81. The Morgan fingerprint density at radius 2 is 1.79 bits per heavy atom. The minimum absolute atomic E-state index is 0.0512. The number of anilines is 1. The molecule has 1 unspecified atom stereocenters. The number of Topliss-reactive ketones (excluding diaryl/α,β-unsaturated/α-hetero) is 1. The third kappa shape index (κ3) is 4.24. The lowest BCUT2D eigenvalue weighted by Crippen LogP contribution is -2.29. The van der Waals surface area contributed by atoms with Crippen molar-refractivity contribution in [1.29, 1.82) is 0 Å². The first-order valence-corrected chi connectivity index (χ1v) is 12.1. The minimum atomic E-state index is -0.998. The lowest BCUT2D eigenvalue weighted by Gasteiger charge is -2.26. The number of hydrogen-bond acceptors (Lipinski definition) is 8. The molecule has 196 valence electrons. The van der Waals surface area contributed by atoms with Crippen molar-refractivity contribution >= 4 is 34.7 Å². The van der Waals surface area contributed by atoms with Gasteiger partial charge >= 0.3 is 0 Å². The average Bonchev–Trinajstić information content (AvgIpc) is 3.50. The number of aliphatic hydroxyl groups excluding tert-OH is 1. The molecule has 0 radical (unpaired) electrons. The zero-order chi connectivity index (χ0) is 27.0. The van der Waals surface area contributed by atoms with E-state index in [4.69, 9.17) is 35.3 Å². The zero-order valence-corrected chi connectivity index (χ0v) is 21.6. The first-order chi connectivity index (χ1) is 18.4. The summed E-state index contributed by atoms with van der Waals surface area (Å²) in [5.74, 6) is -0.163. The SMILES string of the molecule is CCOc1cccc(C2/C(=C(\O)c3cc(OC)c(Cl)cc3OC)C(=O)C(=O)N2c2ccc3c(c2)OCO3)c1. The van der Waals surface area contributed by atoms with Crippen molar-refractivity contribution in [3.8, 4) is 28.7 Å². The number of ether oxygens (including phenoxy) is 5. The summed E-state index contributed by atoms with van der Waals surface area (Å²) in [6.07, 6.45) is 0. The Hall–Kier alpha value is -4.37. The standard InChI is InChI=1S/C28H24ClNO8/c1-4-36-17-7-5-6-15(10-17)25-24(26(31)18-12-22(35-3)19(29)13-21(18)34-2)27(32)28(33)30(25)16-8-9-20-23(11-16)38-14-37-20/h5-13,25,31H,4,14H2,1-3H3/b26-24+. The molecule has 0 aliphatic carbocycles. The fraction of sp³-hybridized carbons (Fsp3) is 0.214. The molecule has 10 heteroatoms. The van der Waals surface area contributed by atoms with Gasteiger partial charge in [-0.15, -0.1) is 0 Å². The summed E-state index contributed by atoms with van der Waals surface area (Å²) in [7, 11) is 2.83. The van der Waals surface area contributed by atoms with E-state index < -0.39 is 23.5 Å². The van der Waals surface area contributed by atoms with Gasteiger partial charge in [0.2, 0.25) is 6.79 Å². The van der Waals surface area contributed by atoms with Crippen LogP contribution in [-0.2, 0) is 9.59 Å². The molecule has 38 heavy (non-hydrogen) atoms. The van der Waals surface area contributed by atoms with Gasteiger partial charge in [-0.3, -0.25) is 14.5 Å². The lowest BCUT2D eigenvalue weighted by atomic mass is 9.94. The number of amides is 1. The van der Waals surface area contributed by atoms with Crippen LogP contribution in [0.2, 0.25) is 5.02 Å². The highest BCUT2D eigenvalue weighted by atomic mass is 35.5. The van der Waals surface area contributed by atoms with Gasteiger partial charge in [0, 0.05) is 17.8 Å². The number of nitrogens with zero attached hydrogens (tertiary/aromatic N) is 1. The summed E-state index contributed by atoms with van der Waals surface area (Å²) in [6.45, 7) is 2.33. The largest absolute Gasteiger partial charge is 0.507 e.